The van der Waals surface area contributed by atoms with Crippen molar-refractivity contribution in [3.05, 3.63) is 29.8 Å². The van der Waals surface area contributed by atoms with Gasteiger partial charge in [-0.2, -0.15) is 0 Å². The summed E-state index contributed by atoms with van der Waals surface area (Å²) >= 11 is 0. The van der Waals surface area contributed by atoms with E-state index in [1.807, 2.05) is 12.1 Å². The largest absolute Gasteiger partial charge is 0.492 e. The van der Waals surface area contributed by atoms with Crippen LogP contribution in [0.3, 0.4) is 0 Å². The molecule has 118 valence electrons. The lowest BCUT2D eigenvalue weighted by atomic mass is 10.1. The summed E-state index contributed by atoms with van der Waals surface area (Å²) in [6.07, 6.45) is 0.931. The SMILES string of the molecule is CC(C)N1CCN(CCOc2ccc(CCN)cc2)CC1. The Bertz CT molecular complexity index is 397. The molecule has 1 heterocycles. The van der Waals surface area contributed by atoms with Crippen LogP contribution in [0.25, 0.3) is 0 Å². The molecule has 21 heavy (non-hydrogen) atoms. The van der Waals surface area contributed by atoms with Crippen LogP contribution in [0.2, 0.25) is 0 Å². The number of nitrogens with zero attached hydrogens (tertiary/aromatic N) is 2. The molecule has 4 nitrogen and oxygen atoms in total. The Labute approximate surface area is 128 Å². The smallest absolute Gasteiger partial charge is 0.119 e. The molecule has 1 aromatic carbocycles. The van der Waals surface area contributed by atoms with Crippen molar-refractivity contribution in [2.75, 3.05) is 45.9 Å². The maximum Gasteiger partial charge on any atom is 0.119 e. The molecule has 1 aliphatic rings. The highest BCUT2D eigenvalue weighted by Gasteiger charge is 2.18. The molecule has 0 spiro atoms. The van der Waals surface area contributed by atoms with E-state index >= 15 is 0 Å². The zero-order valence-electron chi connectivity index (χ0n) is 13.4. The highest BCUT2D eigenvalue weighted by atomic mass is 16.5. The molecule has 2 rings (SSSR count). The lowest BCUT2D eigenvalue weighted by Gasteiger charge is -2.36. The second-order valence-electron chi connectivity index (χ2n) is 6.00. The fourth-order valence-electron chi connectivity index (χ4n) is 2.71. The molecule has 1 fully saturated rings. The van der Waals surface area contributed by atoms with E-state index in [1.165, 1.54) is 18.7 Å². The Morgan fingerprint density at radius 2 is 1.76 bits per heavy atom. The van der Waals surface area contributed by atoms with Gasteiger partial charge < -0.3 is 10.5 Å². The monoisotopic (exact) mass is 291 g/mol. The molecule has 0 aliphatic carbocycles. The van der Waals surface area contributed by atoms with Crippen LogP contribution in [0.4, 0.5) is 0 Å². The van der Waals surface area contributed by atoms with Gasteiger partial charge in [0.2, 0.25) is 0 Å². The number of ether oxygens (including phenoxy) is 1. The van der Waals surface area contributed by atoms with E-state index < -0.39 is 0 Å². The molecule has 1 saturated heterocycles. The minimum absolute atomic E-state index is 0.662. The van der Waals surface area contributed by atoms with Gasteiger partial charge >= 0.3 is 0 Å². The summed E-state index contributed by atoms with van der Waals surface area (Å²) < 4.78 is 5.83. The Kier molecular flexibility index (Phi) is 6.49. The summed E-state index contributed by atoms with van der Waals surface area (Å²) in [5.41, 5.74) is 6.82. The third-order valence-corrected chi connectivity index (χ3v) is 4.17. The molecule has 1 aliphatic heterocycles. The first kappa shape index (κ1) is 16.3. The molecule has 0 unspecified atom stereocenters. The van der Waals surface area contributed by atoms with Crippen LogP contribution in [0.5, 0.6) is 5.75 Å². The summed E-state index contributed by atoms with van der Waals surface area (Å²) in [5, 5.41) is 0. The predicted octanol–water partition coefficient (Wildman–Crippen LogP) is 1.59. The van der Waals surface area contributed by atoms with Gasteiger partial charge in [-0.1, -0.05) is 12.1 Å². The van der Waals surface area contributed by atoms with Crippen molar-refractivity contribution in [2.45, 2.75) is 26.3 Å². The van der Waals surface area contributed by atoms with Gasteiger partial charge in [0.05, 0.1) is 0 Å². The van der Waals surface area contributed by atoms with Crippen molar-refractivity contribution in [3.63, 3.8) is 0 Å². The van der Waals surface area contributed by atoms with Crippen LogP contribution in [-0.4, -0.2) is 61.7 Å². The van der Waals surface area contributed by atoms with E-state index in [-0.39, 0.29) is 0 Å². The van der Waals surface area contributed by atoms with Crippen LogP contribution >= 0.6 is 0 Å². The van der Waals surface area contributed by atoms with Crippen molar-refractivity contribution >= 4 is 0 Å². The molecule has 4 heteroatoms. The van der Waals surface area contributed by atoms with Gasteiger partial charge in [-0.3, -0.25) is 9.80 Å². The Morgan fingerprint density at radius 1 is 1.10 bits per heavy atom. The van der Waals surface area contributed by atoms with E-state index in [1.54, 1.807) is 0 Å². The van der Waals surface area contributed by atoms with Gasteiger partial charge in [0.1, 0.15) is 12.4 Å². The fraction of sp³-hybridized carbons (Fsp3) is 0.647. The third kappa shape index (κ3) is 5.30. The third-order valence-electron chi connectivity index (χ3n) is 4.17. The van der Waals surface area contributed by atoms with Gasteiger partial charge in [-0.25, -0.2) is 0 Å². The van der Waals surface area contributed by atoms with Gasteiger partial charge in [0, 0.05) is 38.8 Å². The first-order valence-electron chi connectivity index (χ1n) is 8.07. The number of hydrogen-bond donors (Lipinski definition) is 1. The normalized spacial score (nSPS) is 17.3. The second-order valence-corrected chi connectivity index (χ2v) is 6.00. The first-order chi connectivity index (χ1) is 10.2. The average Bonchev–Trinajstić information content (AvgIpc) is 2.50. The number of rotatable bonds is 7. The van der Waals surface area contributed by atoms with Crippen LogP contribution < -0.4 is 10.5 Å². The van der Waals surface area contributed by atoms with Crippen LogP contribution in [-0.2, 0) is 6.42 Å². The Balaban J connectivity index is 1.65. The number of nitrogens with two attached hydrogens (primary N) is 1. The van der Waals surface area contributed by atoms with Crippen molar-refractivity contribution in [1.29, 1.82) is 0 Å². The lowest BCUT2D eigenvalue weighted by Crippen LogP contribution is -2.49. The second kappa shape index (κ2) is 8.37. The van der Waals surface area contributed by atoms with Gasteiger partial charge in [-0.15, -0.1) is 0 Å². The van der Waals surface area contributed by atoms with Crippen molar-refractivity contribution < 1.29 is 4.74 Å². The maximum absolute atomic E-state index is 5.83. The minimum atomic E-state index is 0.662. The van der Waals surface area contributed by atoms with Crippen molar-refractivity contribution in [1.82, 2.24) is 9.80 Å². The van der Waals surface area contributed by atoms with Gasteiger partial charge in [-0.05, 0) is 44.5 Å². The topological polar surface area (TPSA) is 41.7 Å². The van der Waals surface area contributed by atoms with E-state index in [0.29, 0.717) is 12.6 Å². The number of piperazine rings is 1. The van der Waals surface area contributed by atoms with Crippen LogP contribution in [0, 0.1) is 0 Å². The standard InChI is InChI=1S/C17H29N3O/c1-15(2)20-11-9-19(10-12-20)13-14-21-17-5-3-16(4-6-17)7-8-18/h3-6,15H,7-14,18H2,1-2H3. The highest BCUT2D eigenvalue weighted by molar-refractivity contribution is 5.27. The summed E-state index contributed by atoms with van der Waals surface area (Å²) in [6, 6.07) is 8.95. The quantitative estimate of drug-likeness (QED) is 0.828. The predicted molar refractivity (Wildman–Crippen MR) is 87.8 cm³/mol. The van der Waals surface area contributed by atoms with E-state index in [9.17, 15) is 0 Å². The lowest BCUT2D eigenvalue weighted by molar-refractivity contribution is 0.0971. The zero-order valence-corrected chi connectivity index (χ0v) is 13.4. The zero-order chi connectivity index (χ0) is 15.1. The van der Waals surface area contributed by atoms with Crippen LogP contribution in [0.15, 0.2) is 24.3 Å². The van der Waals surface area contributed by atoms with Crippen LogP contribution in [0.1, 0.15) is 19.4 Å². The molecule has 0 aromatic heterocycles. The number of hydrogen-bond acceptors (Lipinski definition) is 4. The van der Waals surface area contributed by atoms with E-state index in [0.717, 1.165) is 38.4 Å². The maximum atomic E-state index is 5.83. The molecule has 0 atom stereocenters. The molecule has 2 N–H and O–H groups in total. The number of benzene rings is 1. The minimum Gasteiger partial charge on any atom is -0.492 e. The molecule has 1 aromatic rings. The van der Waals surface area contributed by atoms with E-state index in [4.69, 9.17) is 10.5 Å². The molecule has 0 radical (unpaired) electrons. The molecule has 0 amide bonds. The molecular formula is C17H29N3O. The summed E-state index contributed by atoms with van der Waals surface area (Å²) in [6.45, 7) is 11.7. The van der Waals surface area contributed by atoms with Gasteiger partial charge in [0.15, 0.2) is 0 Å². The average molecular weight is 291 g/mol. The van der Waals surface area contributed by atoms with Crippen molar-refractivity contribution in [3.8, 4) is 5.75 Å². The van der Waals surface area contributed by atoms with Gasteiger partial charge in [0.25, 0.3) is 0 Å². The van der Waals surface area contributed by atoms with Crippen molar-refractivity contribution in [2.24, 2.45) is 5.73 Å². The highest BCUT2D eigenvalue weighted by Crippen LogP contribution is 2.12. The molecule has 0 bridgehead atoms. The summed E-state index contributed by atoms with van der Waals surface area (Å²) in [4.78, 5) is 5.02. The Hall–Kier alpha value is -1.10. The Morgan fingerprint density at radius 3 is 2.33 bits per heavy atom. The first-order valence-corrected chi connectivity index (χ1v) is 8.07. The molecule has 0 saturated carbocycles. The summed E-state index contributed by atoms with van der Waals surface area (Å²) in [5.74, 6) is 0.955. The summed E-state index contributed by atoms with van der Waals surface area (Å²) in [7, 11) is 0. The molecular weight excluding hydrogens is 262 g/mol. The fourth-order valence-corrected chi connectivity index (χ4v) is 2.71. The van der Waals surface area contributed by atoms with E-state index in [2.05, 4.69) is 35.8 Å².